The molecule has 4 bridgehead atoms. The lowest BCUT2D eigenvalue weighted by Crippen LogP contribution is -2.65. The first kappa shape index (κ1) is 35.5. The number of carbonyl (C=O) groups is 3. The lowest BCUT2D eigenvalue weighted by atomic mass is 9.77. The Bertz CT molecular complexity index is 1220. The van der Waals surface area contributed by atoms with Crippen molar-refractivity contribution in [1.29, 1.82) is 0 Å². The minimum atomic E-state index is -1.74. The molecule has 9 unspecified atom stereocenters. The Morgan fingerprint density at radius 3 is 2.28 bits per heavy atom. The number of nitrogens with two attached hydrogens (primary N) is 1. The van der Waals surface area contributed by atoms with Gasteiger partial charge in [0.15, 0.2) is 25.0 Å². The molecule has 1 saturated carbocycles. The number of aliphatic carboxylic acids is 1. The molecule has 47 heavy (non-hydrogen) atoms. The van der Waals surface area contributed by atoms with Gasteiger partial charge < -0.3 is 69.7 Å². The first-order valence-corrected chi connectivity index (χ1v) is 15.5. The summed E-state index contributed by atoms with van der Waals surface area (Å²) in [5.74, 6) is -3.52. The van der Waals surface area contributed by atoms with Gasteiger partial charge in [0, 0.05) is 19.0 Å². The molecule has 1 amide bonds. The molecule has 8 N–H and O–H groups in total. The van der Waals surface area contributed by atoms with Crippen LogP contribution in [0.25, 0.3) is 0 Å². The molecule has 262 valence electrons. The summed E-state index contributed by atoms with van der Waals surface area (Å²) < 4.78 is 41.4. The molecule has 3 aliphatic heterocycles. The fourth-order valence-electron chi connectivity index (χ4n) is 6.34. The largest absolute Gasteiger partial charge is 0.480 e. The molecule has 5 rings (SSSR count). The van der Waals surface area contributed by atoms with Crippen LogP contribution >= 0.6 is 0 Å². The summed E-state index contributed by atoms with van der Waals surface area (Å²) >= 11 is 0. The van der Waals surface area contributed by atoms with Gasteiger partial charge >= 0.3 is 11.9 Å². The standard InChI is InChI=1S/C30H42N2O15/c1-13-9-15(26(39)32-8-7-31)10-16-23(13)46-29-22(38)20(36)21(37)28(47-29)42-11-17-19(35)24(41-12-18(33)34)25(30(43-16)44-17)45-27(40)14-5-3-2-4-6-14/h2-6,13,15-17,19-25,28-30,35-38H,7-12,31H2,1H3,(H,32,39)(H,33,34)/t13?,15?,16-,17?,19+,20?,21+,22?,23?,24?,25?,28?,29-,30-/m1/s1. The van der Waals surface area contributed by atoms with Crippen molar-refractivity contribution in [2.24, 2.45) is 17.6 Å². The number of ether oxygens (including phenoxy) is 7. The minimum absolute atomic E-state index is 0.0480. The average Bonchev–Trinajstić information content (AvgIpc) is 3.05. The highest BCUT2D eigenvalue weighted by molar-refractivity contribution is 5.89. The summed E-state index contributed by atoms with van der Waals surface area (Å²) in [7, 11) is 0. The second-order valence-electron chi connectivity index (χ2n) is 12.1. The molecular formula is C30H42N2O15. The van der Waals surface area contributed by atoms with E-state index in [-0.39, 0.29) is 31.0 Å². The SMILES string of the molecule is CC1CC(C(=O)NCCN)C[C@H]2O[C@@H]3OC(COC4O[C@@H](OC12)C(O)C(O)[C@@H]4O)[C@H](O)C(OCC(=O)O)C3OC(=O)c1ccccc1. The van der Waals surface area contributed by atoms with E-state index in [9.17, 15) is 39.9 Å². The molecule has 1 aromatic rings. The summed E-state index contributed by atoms with van der Waals surface area (Å²) in [5, 5.41) is 55.4. The fraction of sp³-hybridized carbons (Fsp3) is 0.700. The van der Waals surface area contributed by atoms with E-state index in [0.717, 1.165) is 0 Å². The molecule has 1 aromatic carbocycles. The third-order valence-electron chi connectivity index (χ3n) is 8.74. The highest BCUT2D eigenvalue weighted by atomic mass is 16.8. The van der Waals surface area contributed by atoms with E-state index in [1.54, 1.807) is 25.1 Å². The summed E-state index contributed by atoms with van der Waals surface area (Å²) in [6, 6.07) is 7.91. The molecule has 0 radical (unpaired) electrons. The predicted molar refractivity (Wildman–Crippen MR) is 154 cm³/mol. The van der Waals surface area contributed by atoms with Crippen LogP contribution in [-0.4, -0.2) is 143 Å². The first-order chi connectivity index (χ1) is 22.5. The topological polar surface area (TPSA) is 255 Å². The average molecular weight is 671 g/mol. The molecule has 4 aliphatic rings. The van der Waals surface area contributed by atoms with Gasteiger partial charge in [0.2, 0.25) is 5.91 Å². The number of esters is 1. The maximum atomic E-state index is 13.3. The van der Waals surface area contributed by atoms with Crippen molar-refractivity contribution in [2.45, 2.75) is 93.6 Å². The van der Waals surface area contributed by atoms with Crippen LogP contribution in [0.4, 0.5) is 0 Å². The molecular weight excluding hydrogens is 628 g/mol. The molecule has 4 fully saturated rings. The zero-order chi connectivity index (χ0) is 33.8. The van der Waals surface area contributed by atoms with E-state index in [1.165, 1.54) is 12.1 Å². The Hall–Kier alpha value is -2.81. The first-order valence-electron chi connectivity index (χ1n) is 15.5. The Labute approximate surface area is 269 Å². The number of carboxylic acids is 1. The van der Waals surface area contributed by atoms with Crippen molar-refractivity contribution >= 4 is 17.8 Å². The number of benzene rings is 1. The third-order valence-corrected chi connectivity index (χ3v) is 8.74. The molecule has 17 heteroatoms. The van der Waals surface area contributed by atoms with Gasteiger partial charge in [-0.25, -0.2) is 9.59 Å². The van der Waals surface area contributed by atoms with Gasteiger partial charge in [-0.3, -0.25) is 4.79 Å². The number of fused-ring (bicyclic) bond motifs is 5. The van der Waals surface area contributed by atoms with E-state index < -0.39 is 111 Å². The van der Waals surface area contributed by atoms with E-state index in [0.29, 0.717) is 6.42 Å². The van der Waals surface area contributed by atoms with Crippen molar-refractivity contribution in [3.8, 4) is 0 Å². The Morgan fingerprint density at radius 2 is 1.57 bits per heavy atom. The molecule has 14 atom stereocenters. The van der Waals surface area contributed by atoms with E-state index in [4.69, 9.17) is 38.9 Å². The van der Waals surface area contributed by atoms with E-state index in [2.05, 4.69) is 5.32 Å². The predicted octanol–water partition coefficient (Wildman–Crippen LogP) is -2.55. The Morgan fingerprint density at radius 1 is 0.872 bits per heavy atom. The molecule has 17 nitrogen and oxygen atoms in total. The molecule has 3 heterocycles. The van der Waals surface area contributed by atoms with Crippen LogP contribution < -0.4 is 11.1 Å². The summed E-state index contributed by atoms with van der Waals surface area (Å²) in [5.41, 5.74) is 5.71. The number of amides is 1. The van der Waals surface area contributed by atoms with Crippen LogP contribution in [-0.2, 0) is 42.7 Å². The van der Waals surface area contributed by atoms with E-state index >= 15 is 0 Å². The summed E-state index contributed by atoms with van der Waals surface area (Å²) in [6.45, 7) is 0.847. The van der Waals surface area contributed by atoms with Crippen LogP contribution in [0.5, 0.6) is 0 Å². The highest BCUT2D eigenvalue weighted by Crippen LogP contribution is 2.39. The number of aliphatic hydroxyl groups is 4. The van der Waals surface area contributed by atoms with E-state index in [1.807, 2.05) is 0 Å². The lowest BCUT2D eigenvalue weighted by Gasteiger charge is -2.49. The smallest absolute Gasteiger partial charge is 0.338 e. The Balaban J connectivity index is 1.52. The lowest BCUT2D eigenvalue weighted by molar-refractivity contribution is -0.390. The van der Waals surface area contributed by atoms with Crippen molar-refractivity contribution in [2.75, 3.05) is 26.3 Å². The second-order valence-corrected chi connectivity index (χ2v) is 12.1. The van der Waals surface area contributed by atoms with Crippen molar-refractivity contribution in [1.82, 2.24) is 5.32 Å². The van der Waals surface area contributed by atoms with Gasteiger partial charge in [0.05, 0.1) is 24.4 Å². The van der Waals surface area contributed by atoms with Crippen LogP contribution in [0.3, 0.4) is 0 Å². The molecule has 0 aromatic heterocycles. The minimum Gasteiger partial charge on any atom is -0.480 e. The third kappa shape index (κ3) is 8.09. The maximum Gasteiger partial charge on any atom is 0.338 e. The van der Waals surface area contributed by atoms with Crippen LogP contribution in [0.1, 0.15) is 30.1 Å². The highest BCUT2D eigenvalue weighted by Gasteiger charge is 2.54. The van der Waals surface area contributed by atoms with Gasteiger partial charge in [-0.05, 0) is 30.9 Å². The van der Waals surface area contributed by atoms with Gasteiger partial charge in [0.1, 0.15) is 43.2 Å². The number of rotatable bonds is 8. The van der Waals surface area contributed by atoms with Crippen LogP contribution in [0, 0.1) is 11.8 Å². The monoisotopic (exact) mass is 670 g/mol. The van der Waals surface area contributed by atoms with Crippen molar-refractivity contribution < 1.29 is 73.1 Å². The van der Waals surface area contributed by atoms with Crippen LogP contribution in [0.15, 0.2) is 30.3 Å². The second kappa shape index (κ2) is 15.6. The van der Waals surface area contributed by atoms with Crippen molar-refractivity contribution in [3.63, 3.8) is 0 Å². The number of hydrogen-bond donors (Lipinski definition) is 7. The normalized spacial score (nSPS) is 40.6. The molecule has 1 aliphatic carbocycles. The summed E-state index contributed by atoms with van der Waals surface area (Å²) in [4.78, 5) is 37.8. The number of nitrogens with one attached hydrogen (secondary N) is 1. The maximum absolute atomic E-state index is 13.3. The van der Waals surface area contributed by atoms with Crippen LogP contribution in [0.2, 0.25) is 0 Å². The van der Waals surface area contributed by atoms with Gasteiger partial charge in [-0.15, -0.1) is 0 Å². The summed E-state index contributed by atoms with van der Waals surface area (Å²) in [6.07, 6.45) is -17.3. The quantitative estimate of drug-likeness (QED) is 0.141. The van der Waals surface area contributed by atoms with Crippen molar-refractivity contribution in [3.05, 3.63) is 35.9 Å². The zero-order valence-corrected chi connectivity index (χ0v) is 25.6. The number of carboxylic acid groups (broad SMARTS) is 1. The van der Waals surface area contributed by atoms with Gasteiger partial charge in [0.25, 0.3) is 0 Å². The zero-order valence-electron chi connectivity index (χ0n) is 25.6. The Kier molecular flexibility index (Phi) is 11.8. The number of aliphatic hydroxyl groups excluding tert-OH is 4. The molecule has 0 spiro atoms. The fourth-order valence-corrected chi connectivity index (χ4v) is 6.34. The van der Waals surface area contributed by atoms with Gasteiger partial charge in [-0.2, -0.15) is 0 Å². The number of carbonyl (C=O) groups excluding carboxylic acids is 2. The molecule has 3 saturated heterocycles. The van der Waals surface area contributed by atoms with Gasteiger partial charge in [-0.1, -0.05) is 25.1 Å². The number of hydrogen-bond acceptors (Lipinski definition) is 15.